The molecule has 0 unspecified atom stereocenters. The van der Waals surface area contributed by atoms with Gasteiger partial charge >= 0.3 is 5.97 Å². The van der Waals surface area contributed by atoms with Crippen molar-refractivity contribution in [1.29, 1.82) is 0 Å². The number of carbonyl (C=O) groups excluding carboxylic acids is 1. The molecule has 6 heteroatoms. The molecule has 0 aromatic carbocycles. The summed E-state index contributed by atoms with van der Waals surface area (Å²) in [6, 6.07) is 0.0439. The summed E-state index contributed by atoms with van der Waals surface area (Å²) in [6.07, 6.45) is 5.35. The van der Waals surface area contributed by atoms with E-state index in [4.69, 9.17) is 9.63 Å². The largest absolute Gasteiger partial charge is 0.481 e. The van der Waals surface area contributed by atoms with Gasteiger partial charge in [-0.15, -0.1) is 0 Å². The monoisotopic (exact) mass is 322 g/mol. The molecule has 128 valence electrons. The van der Waals surface area contributed by atoms with Gasteiger partial charge in [0.2, 0.25) is 5.91 Å². The first kappa shape index (κ1) is 17.5. The molecule has 2 heterocycles. The van der Waals surface area contributed by atoms with Crippen molar-refractivity contribution in [2.45, 2.75) is 71.3 Å². The molecule has 1 aromatic heterocycles. The van der Waals surface area contributed by atoms with E-state index >= 15 is 0 Å². The summed E-state index contributed by atoms with van der Waals surface area (Å²) in [5.74, 6) is 0.0468. The highest BCUT2D eigenvalue weighted by molar-refractivity contribution is 5.79. The Labute approximate surface area is 136 Å². The molecule has 1 N–H and O–H groups in total. The van der Waals surface area contributed by atoms with Gasteiger partial charge in [-0.05, 0) is 32.1 Å². The van der Waals surface area contributed by atoms with E-state index < -0.39 is 5.97 Å². The van der Waals surface area contributed by atoms with E-state index in [0.717, 1.165) is 55.7 Å². The van der Waals surface area contributed by atoms with E-state index in [0.29, 0.717) is 12.8 Å². The number of likely N-dealkylation sites (tertiary alicyclic amines) is 1. The Morgan fingerprint density at radius 2 is 2.09 bits per heavy atom. The summed E-state index contributed by atoms with van der Waals surface area (Å²) in [5.41, 5.74) is 1.77. The average Bonchev–Trinajstić information content (AvgIpc) is 2.94. The minimum atomic E-state index is -0.802. The first-order valence-electron chi connectivity index (χ1n) is 8.54. The molecule has 1 aliphatic heterocycles. The zero-order chi connectivity index (χ0) is 16.8. The maximum absolute atomic E-state index is 12.8. The third-order valence-corrected chi connectivity index (χ3v) is 4.57. The lowest BCUT2D eigenvalue weighted by Gasteiger charge is -2.35. The van der Waals surface area contributed by atoms with Crippen LogP contribution in [0.4, 0.5) is 0 Å². The highest BCUT2D eigenvalue weighted by Gasteiger charge is 2.28. The molecule has 1 atom stereocenters. The van der Waals surface area contributed by atoms with E-state index in [1.807, 2.05) is 18.7 Å². The number of carbonyl (C=O) groups is 2. The van der Waals surface area contributed by atoms with Crippen LogP contribution in [0.5, 0.6) is 0 Å². The van der Waals surface area contributed by atoms with Crippen LogP contribution in [-0.4, -0.2) is 39.6 Å². The van der Waals surface area contributed by atoms with Crippen molar-refractivity contribution < 1.29 is 19.2 Å². The third kappa shape index (κ3) is 4.33. The molecule has 0 spiro atoms. The van der Waals surface area contributed by atoms with Gasteiger partial charge < -0.3 is 14.5 Å². The van der Waals surface area contributed by atoms with Gasteiger partial charge in [0.1, 0.15) is 5.76 Å². The smallest absolute Gasteiger partial charge is 0.303 e. The Morgan fingerprint density at radius 3 is 2.74 bits per heavy atom. The number of aromatic nitrogens is 1. The molecule has 1 fully saturated rings. The van der Waals surface area contributed by atoms with E-state index in [9.17, 15) is 9.59 Å². The molecule has 23 heavy (non-hydrogen) atoms. The molecule has 1 amide bonds. The Bertz CT molecular complexity index is 531. The average molecular weight is 322 g/mol. The Morgan fingerprint density at radius 1 is 1.30 bits per heavy atom. The van der Waals surface area contributed by atoms with Gasteiger partial charge in [0.25, 0.3) is 0 Å². The zero-order valence-corrected chi connectivity index (χ0v) is 14.0. The number of hydrogen-bond acceptors (Lipinski definition) is 4. The Hall–Kier alpha value is -1.85. The molecule has 0 radical (unpaired) electrons. The lowest BCUT2D eigenvalue weighted by Crippen LogP contribution is -2.44. The number of aryl methyl sites for hydroxylation is 2. The summed E-state index contributed by atoms with van der Waals surface area (Å²) in [7, 11) is 0. The Kier molecular flexibility index (Phi) is 6.19. The molecular weight excluding hydrogens is 296 g/mol. The van der Waals surface area contributed by atoms with Gasteiger partial charge in [-0.1, -0.05) is 19.0 Å². The van der Waals surface area contributed by atoms with Crippen molar-refractivity contribution in [3.63, 3.8) is 0 Å². The minimum Gasteiger partial charge on any atom is -0.481 e. The fourth-order valence-electron chi connectivity index (χ4n) is 3.31. The number of amides is 1. The first-order valence-corrected chi connectivity index (χ1v) is 8.54. The van der Waals surface area contributed by atoms with E-state index in [1.165, 1.54) is 0 Å². The first-order chi connectivity index (χ1) is 11.1. The van der Waals surface area contributed by atoms with Crippen LogP contribution in [0.25, 0.3) is 0 Å². The van der Waals surface area contributed by atoms with Gasteiger partial charge in [-0.3, -0.25) is 9.59 Å². The molecule has 0 saturated carbocycles. The maximum atomic E-state index is 12.8. The predicted molar refractivity (Wildman–Crippen MR) is 85.2 cm³/mol. The van der Waals surface area contributed by atoms with E-state index in [1.54, 1.807) is 0 Å². The van der Waals surface area contributed by atoms with Crippen molar-refractivity contribution in [2.75, 3.05) is 6.54 Å². The van der Waals surface area contributed by atoms with E-state index in [2.05, 4.69) is 5.16 Å². The van der Waals surface area contributed by atoms with Crippen LogP contribution < -0.4 is 0 Å². The fraction of sp³-hybridized carbons (Fsp3) is 0.706. The van der Waals surface area contributed by atoms with Crippen LogP contribution in [0, 0.1) is 0 Å². The normalized spacial score (nSPS) is 18.2. The molecule has 6 nitrogen and oxygen atoms in total. The highest BCUT2D eigenvalue weighted by Crippen LogP contribution is 2.24. The lowest BCUT2D eigenvalue weighted by atomic mass is 9.96. The molecular formula is C17H26N2O4. The van der Waals surface area contributed by atoms with E-state index in [-0.39, 0.29) is 18.4 Å². The highest BCUT2D eigenvalue weighted by atomic mass is 16.5. The minimum absolute atomic E-state index is 0.0439. The van der Waals surface area contributed by atoms with Gasteiger partial charge in [0.05, 0.1) is 12.1 Å². The van der Waals surface area contributed by atoms with Crippen LogP contribution in [-0.2, 0) is 28.9 Å². The molecule has 2 rings (SSSR count). The van der Waals surface area contributed by atoms with Gasteiger partial charge in [-0.25, -0.2) is 0 Å². The summed E-state index contributed by atoms with van der Waals surface area (Å²) in [4.78, 5) is 25.5. The molecule has 0 aliphatic carbocycles. The lowest BCUT2D eigenvalue weighted by molar-refractivity contribution is -0.139. The number of piperidine rings is 1. The number of aliphatic carboxylic acids is 1. The number of rotatable bonds is 7. The predicted octanol–water partition coefficient (Wildman–Crippen LogP) is 2.59. The van der Waals surface area contributed by atoms with Crippen LogP contribution in [0.1, 0.15) is 63.0 Å². The van der Waals surface area contributed by atoms with Crippen LogP contribution in [0.3, 0.4) is 0 Å². The van der Waals surface area contributed by atoms with Crippen LogP contribution in [0.2, 0.25) is 0 Å². The van der Waals surface area contributed by atoms with Crippen LogP contribution in [0.15, 0.2) is 4.52 Å². The number of carboxylic acids is 1. The van der Waals surface area contributed by atoms with Crippen molar-refractivity contribution in [2.24, 2.45) is 0 Å². The Balaban J connectivity index is 2.08. The van der Waals surface area contributed by atoms with Crippen molar-refractivity contribution in [3.8, 4) is 0 Å². The second kappa shape index (κ2) is 8.13. The second-order valence-corrected chi connectivity index (χ2v) is 6.08. The quantitative estimate of drug-likeness (QED) is 0.834. The summed E-state index contributed by atoms with van der Waals surface area (Å²) < 4.78 is 5.33. The topological polar surface area (TPSA) is 83.6 Å². The fourth-order valence-corrected chi connectivity index (χ4v) is 3.31. The number of hydrogen-bond donors (Lipinski definition) is 1. The SMILES string of the molecule is CCc1noc(CC)c1CC(=O)N1CCCC[C@H]1CCC(=O)O. The molecule has 1 aromatic rings. The molecule has 1 saturated heterocycles. The summed E-state index contributed by atoms with van der Waals surface area (Å²) in [6.45, 7) is 4.71. The van der Waals surface area contributed by atoms with Crippen molar-refractivity contribution in [3.05, 3.63) is 17.0 Å². The standard InChI is InChI=1S/C17H26N2O4/c1-3-14-13(15(4-2)23-18-14)11-16(20)19-10-6-5-7-12(19)8-9-17(21)22/h12H,3-11H2,1-2H3,(H,21,22)/t12-/m0/s1. The summed E-state index contributed by atoms with van der Waals surface area (Å²) >= 11 is 0. The number of carboxylic acid groups (broad SMARTS) is 1. The zero-order valence-electron chi connectivity index (χ0n) is 14.0. The second-order valence-electron chi connectivity index (χ2n) is 6.08. The summed E-state index contributed by atoms with van der Waals surface area (Å²) in [5, 5.41) is 12.9. The molecule has 1 aliphatic rings. The number of nitrogens with zero attached hydrogens (tertiary/aromatic N) is 2. The van der Waals surface area contributed by atoms with Gasteiger partial charge in [0, 0.05) is 31.0 Å². The molecule has 0 bridgehead atoms. The van der Waals surface area contributed by atoms with Gasteiger partial charge in [-0.2, -0.15) is 0 Å². The van der Waals surface area contributed by atoms with Crippen molar-refractivity contribution >= 4 is 11.9 Å². The van der Waals surface area contributed by atoms with Crippen molar-refractivity contribution in [1.82, 2.24) is 10.1 Å². The van der Waals surface area contributed by atoms with Gasteiger partial charge in [0.15, 0.2) is 0 Å². The third-order valence-electron chi connectivity index (χ3n) is 4.57. The maximum Gasteiger partial charge on any atom is 0.303 e. The van der Waals surface area contributed by atoms with Crippen LogP contribution >= 0.6 is 0 Å².